The maximum Gasteiger partial charge on any atom is 0.342 e. The number of likely N-dealkylation sites (tertiary alicyclic amines) is 1. The summed E-state index contributed by atoms with van der Waals surface area (Å²) in [4.78, 5) is 27.0. The zero-order valence-corrected chi connectivity index (χ0v) is 17.3. The standard InChI is InChI=1S/C24H25N3O3/c1-17-10-11-20(18(2)14-17)23-21(15-27(25-23)19-8-4-3-5-9-19)24(29)30-16-22(28)26-12-6-7-13-26/h3-5,8-11,14-15H,6-7,12-13,16H2,1-2H3. The molecule has 1 aliphatic rings. The number of carbonyl (C=O) groups excluding carboxylic acids is 2. The summed E-state index contributed by atoms with van der Waals surface area (Å²) >= 11 is 0. The van der Waals surface area contributed by atoms with Gasteiger partial charge in [-0.25, -0.2) is 9.48 Å². The Hall–Kier alpha value is -3.41. The van der Waals surface area contributed by atoms with Crippen LogP contribution in [0.4, 0.5) is 0 Å². The van der Waals surface area contributed by atoms with E-state index in [2.05, 4.69) is 11.2 Å². The van der Waals surface area contributed by atoms with Crippen molar-refractivity contribution in [2.24, 2.45) is 0 Å². The number of ether oxygens (including phenoxy) is 1. The van der Waals surface area contributed by atoms with Gasteiger partial charge in [-0.15, -0.1) is 0 Å². The van der Waals surface area contributed by atoms with Gasteiger partial charge in [0, 0.05) is 24.8 Å². The maximum absolute atomic E-state index is 12.9. The quantitative estimate of drug-likeness (QED) is 0.606. The molecule has 3 aromatic rings. The first-order valence-corrected chi connectivity index (χ1v) is 10.2. The van der Waals surface area contributed by atoms with Crippen LogP contribution in [0.3, 0.4) is 0 Å². The van der Waals surface area contributed by atoms with Gasteiger partial charge in [0.25, 0.3) is 5.91 Å². The van der Waals surface area contributed by atoms with Crippen molar-refractivity contribution in [3.05, 3.63) is 71.4 Å². The minimum absolute atomic E-state index is 0.149. The molecule has 1 fully saturated rings. The highest BCUT2D eigenvalue weighted by atomic mass is 16.5. The van der Waals surface area contributed by atoms with Gasteiger partial charge in [-0.1, -0.05) is 42.0 Å². The van der Waals surface area contributed by atoms with Crippen LogP contribution in [0.1, 0.15) is 34.3 Å². The van der Waals surface area contributed by atoms with E-state index in [-0.39, 0.29) is 12.5 Å². The Bertz CT molecular complexity index is 1070. The van der Waals surface area contributed by atoms with Crippen LogP contribution in [0.15, 0.2) is 54.7 Å². The predicted octanol–water partition coefficient (Wildman–Crippen LogP) is 3.94. The molecule has 2 aromatic carbocycles. The summed E-state index contributed by atoms with van der Waals surface area (Å²) in [7, 11) is 0. The van der Waals surface area contributed by atoms with Crippen molar-refractivity contribution in [3.8, 4) is 16.9 Å². The molecule has 0 unspecified atom stereocenters. The van der Waals surface area contributed by atoms with E-state index in [0.29, 0.717) is 11.3 Å². The molecule has 0 bridgehead atoms. The van der Waals surface area contributed by atoms with Gasteiger partial charge in [0.2, 0.25) is 0 Å². The number of hydrogen-bond donors (Lipinski definition) is 0. The molecule has 30 heavy (non-hydrogen) atoms. The topological polar surface area (TPSA) is 64.4 Å². The molecule has 0 spiro atoms. The fourth-order valence-electron chi connectivity index (χ4n) is 3.78. The van der Waals surface area contributed by atoms with E-state index in [9.17, 15) is 9.59 Å². The lowest BCUT2D eigenvalue weighted by atomic mass is 10.0. The van der Waals surface area contributed by atoms with E-state index in [1.807, 2.05) is 56.3 Å². The molecular weight excluding hydrogens is 378 g/mol. The fourth-order valence-corrected chi connectivity index (χ4v) is 3.78. The first kappa shape index (κ1) is 19.9. The van der Waals surface area contributed by atoms with Gasteiger partial charge in [-0.2, -0.15) is 5.10 Å². The number of benzene rings is 2. The third-order valence-corrected chi connectivity index (χ3v) is 5.38. The van der Waals surface area contributed by atoms with Crippen molar-refractivity contribution in [1.82, 2.24) is 14.7 Å². The fraction of sp³-hybridized carbons (Fsp3) is 0.292. The Morgan fingerprint density at radius 2 is 1.77 bits per heavy atom. The van der Waals surface area contributed by atoms with Crippen molar-refractivity contribution in [2.45, 2.75) is 26.7 Å². The summed E-state index contributed by atoms with van der Waals surface area (Å²) in [6.45, 7) is 5.24. The molecule has 6 heteroatoms. The SMILES string of the molecule is Cc1ccc(-c2nn(-c3ccccc3)cc2C(=O)OCC(=O)N2CCCC2)c(C)c1. The van der Waals surface area contributed by atoms with E-state index < -0.39 is 5.97 Å². The number of para-hydroxylation sites is 1. The molecular formula is C24H25N3O3. The number of nitrogens with zero attached hydrogens (tertiary/aromatic N) is 3. The van der Waals surface area contributed by atoms with Gasteiger partial charge in [-0.05, 0) is 44.4 Å². The zero-order chi connectivity index (χ0) is 21.1. The lowest BCUT2D eigenvalue weighted by Crippen LogP contribution is -2.32. The molecule has 0 aliphatic carbocycles. The number of amides is 1. The Labute approximate surface area is 176 Å². The van der Waals surface area contributed by atoms with Crippen LogP contribution in [-0.4, -0.2) is 46.3 Å². The highest BCUT2D eigenvalue weighted by molar-refractivity contribution is 5.97. The smallest absolute Gasteiger partial charge is 0.342 e. The van der Waals surface area contributed by atoms with Crippen LogP contribution in [0.5, 0.6) is 0 Å². The van der Waals surface area contributed by atoms with Gasteiger partial charge in [0.05, 0.1) is 5.69 Å². The van der Waals surface area contributed by atoms with E-state index in [0.717, 1.165) is 48.3 Å². The minimum Gasteiger partial charge on any atom is -0.452 e. The summed E-state index contributed by atoms with van der Waals surface area (Å²) in [6.07, 6.45) is 3.67. The van der Waals surface area contributed by atoms with Crippen LogP contribution in [0.2, 0.25) is 0 Å². The van der Waals surface area contributed by atoms with Crippen molar-refractivity contribution >= 4 is 11.9 Å². The van der Waals surface area contributed by atoms with E-state index in [1.165, 1.54) is 0 Å². The van der Waals surface area contributed by atoms with Crippen molar-refractivity contribution in [1.29, 1.82) is 0 Å². The highest BCUT2D eigenvalue weighted by Crippen LogP contribution is 2.28. The summed E-state index contributed by atoms with van der Waals surface area (Å²) in [5.41, 5.74) is 4.77. The number of aryl methyl sites for hydroxylation is 2. The average molecular weight is 403 g/mol. The number of carbonyl (C=O) groups is 2. The molecule has 0 atom stereocenters. The second kappa shape index (κ2) is 8.53. The average Bonchev–Trinajstić information content (AvgIpc) is 3.43. The summed E-state index contributed by atoms with van der Waals surface area (Å²) in [5.74, 6) is -0.691. The Balaban J connectivity index is 1.65. The Morgan fingerprint density at radius 1 is 1.03 bits per heavy atom. The first-order valence-electron chi connectivity index (χ1n) is 10.2. The van der Waals surface area contributed by atoms with Crippen molar-refractivity contribution in [3.63, 3.8) is 0 Å². The van der Waals surface area contributed by atoms with Crippen molar-refractivity contribution < 1.29 is 14.3 Å². The highest BCUT2D eigenvalue weighted by Gasteiger charge is 2.24. The predicted molar refractivity (Wildman–Crippen MR) is 115 cm³/mol. The van der Waals surface area contributed by atoms with Gasteiger partial charge in [-0.3, -0.25) is 4.79 Å². The molecule has 6 nitrogen and oxygen atoms in total. The molecule has 1 aromatic heterocycles. The third kappa shape index (κ3) is 4.13. The van der Waals surface area contributed by atoms with Crippen molar-refractivity contribution in [2.75, 3.05) is 19.7 Å². The molecule has 0 N–H and O–H groups in total. The monoisotopic (exact) mass is 403 g/mol. The molecule has 2 heterocycles. The Morgan fingerprint density at radius 3 is 2.47 bits per heavy atom. The van der Waals surface area contributed by atoms with Crippen LogP contribution in [0, 0.1) is 13.8 Å². The molecule has 1 amide bonds. The first-order chi connectivity index (χ1) is 14.5. The second-order valence-corrected chi connectivity index (χ2v) is 7.65. The normalized spacial score (nSPS) is 13.5. The van der Waals surface area contributed by atoms with E-state index in [1.54, 1.807) is 15.8 Å². The number of aromatic nitrogens is 2. The largest absolute Gasteiger partial charge is 0.452 e. The molecule has 1 saturated heterocycles. The van der Waals surface area contributed by atoms with E-state index in [4.69, 9.17) is 4.74 Å². The number of esters is 1. The van der Waals surface area contributed by atoms with Crippen LogP contribution < -0.4 is 0 Å². The number of hydrogen-bond acceptors (Lipinski definition) is 4. The molecule has 0 radical (unpaired) electrons. The summed E-state index contributed by atoms with van der Waals surface area (Å²) in [5, 5.41) is 4.69. The van der Waals surface area contributed by atoms with Gasteiger partial charge < -0.3 is 9.64 Å². The molecule has 4 rings (SSSR count). The second-order valence-electron chi connectivity index (χ2n) is 7.65. The lowest BCUT2D eigenvalue weighted by Gasteiger charge is -2.15. The maximum atomic E-state index is 12.9. The molecule has 1 aliphatic heterocycles. The van der Waals surface area contributed by atoms with E-state index >= 15 is 0 Å². The lowest BCUT2D eigenvalue weighted by molar-refractivity contribution is -0.133. The minimum atomic E-state index is -0.542. The summed E-state index contributed by atoms with van der Waals surface area (Å²) in [6, 6.07) is 15.6. The van der Waals surface area contributed by atoms with Gasteiger partial charge >= 0.3 is 5.97 Å². The van der Waals surface area contributed by atoms with Gasteiger partial charge in [0.15, 0.2) is 6.61 Å². The van der Waals surface area contributed by atoms with Gasteiger partial charge in [0.1, 0.15) is 11.3 Å². The summed E-state index contributed by atoms with van der Waals surface area (Å²) < 4.78 is 7.07. The molecule has 154 valence electrons. The third-order valence-electron chi connectivity index (χ3n) is 5.38. The van der Waals surface area contributed by atoms with Crippen LogP contribution >= 0.6 is 0 Å². The van der Waals surface area contributed by atoms with Crippen LogP contribution in [0.25, 0.3) is 16.9 Å². The zero-order valence-electron chi connectivity index (χ0n) is 17.3. The molecule has 0 saturated carbocycles. The Kier molecular flexibility index (Phi) is 5.65. The van der Waals surface area contributed by atoms with Crippen LogP contribution in [-0.2, 0) is 9.53 Å². The number of rotatable bonds is 5.